The summed E-state index contributed by atoms with van der Waals surface area (Å²) in [6.45, 7) is 1.83. The minimum Gasteiger partial charge on any atom is -0.272 e. The summed E-state index contributed by atoms with van der Waals surface area (Å²) < 4.78 is 0. The molecule has 3 nitrogen and oxygen atoms in total. The number of carbonyl (C=O) groups excluding carboxylic acids is 1. The second-order valence-electron chi connectivity index (χ2n) is 3.72. The normalized spacial score (nSPS) is 19.6. The fraction of sp³-hybridized carbons (Fsp3) is 0.273. The molecule has 1 heterocycles. The topological polar surface area (TPSA) is 41.5 Å². The second-order valence-corrected chi connectivity index (χ2v) is 4.57. The molecule has 84 valence electrons. The average Bonchev–Trinajstić information content (AvgIpc) is 2.53. The first kappa shape index (κ1) is 11.4. The second kappa shape index (κ2) is 4.44. The van der Waals surface area contributed by atoms with Gasteiger partial charge in [-0.25, -0.2) is 5.43 Å². The minimum atomic E-state index is -0.223. The van der Waals surface area contributed by atoms with Crippen LogP contribution >= 0.6 is 23.2 Å². The highest BCUT2D eigenvalue weighted by Crippen LogP contribution is 2.24. The number of nitrogens with zero attached hydrogens (tertiary/aromatic N) is 1. The number of halogens is 2. The van der Waals surface area contributed by atoms with Crippen LogP contribution in [-0.4, -0.2) is 11.6 Å². The fourth-order valence-corrected chi connectivity index (χ4v) is 2.12. The number of benzene rings is 1. The molecule has 1 aliphatic heterocycles. The summed E-state index contributed by atoms with van der Waals surface area (Å²) in [7, 11) is 0. The van der Waals surface area contributed by atoms with Crippen LogP contribution in [0.1, 0.15) is 12.5 Å². The molecule has 0 bridgehead atoms. The molecule has 1 N–H and O–H groups in total. The number of rotatable bonds is 2. The predicted octanol–water partition coefficient (Wildman–Crippen LogP) is 2.66. The maximum Gasteiger partial charge on any atom is 0.249 e. The first-order chi connectivity index (χ1) is 7.58. The van der Waals surface area contributed by atoms with Crippen molar-refractivity contribution in [3.8, 4) is 0 Å². The molecule has 1 amide bonds. The quantitative estimate of drug-likeness (QED) is 0.869. The van der Waals surface area contributed by atoms with Gasteiger partial charge in [-0.15, -0.1) is 0 Å². The molecule has 2 rings (SSSR count). The molecular weight excluding hydrogens is 247 g/mol. The van der Waals surface area contributed by atoms with Gasteiger partial charge in [0.1, 0.15) is 0 Å². The molecule has 1 unspecified atom stereocenters. The van der Waals surface area contributed by atoms with Crippen LogP contribution in [0.25, 0.3) is 0 Å². The summed E-state index contributed by atoms with van der Waals surface area (Å²) >= 11 is 11.9. The largest absolute Gasteiger partial charge is 0.272 e. The van der Waals surface area contributed by atoms with E-state index in [-0.39, 0.29) is 11.8 Å². The highest BCUT2D eigenvalue weighted by atomic mass is 35.5. The van der Waals surface area contributed by atoms with Gasteiger partial charge in [0.15, 0.2) is 0 Å². The summed E-state index contributed by atoms with van der Waals surface area (Å²) in [5.74, 6) is -0.304. The molecule has 1 aliphatic rings. The maximum absolute atomic E-state index is 11.5. The van der Waals surface area contributed by atoms with E-state index in [1.807, 2.05) is 13.0 Å². The van der Waals surface area contributed by atoms with Crippen molar-refractivity contribution in [3.05, 3.63) is 33.8 Å². The number of hydrazone groups is 1. The van der Waals surface area contributed by atoms with Gasteiger partial charge in [0.2, 0.25) is 5.91 Å². The number of amides is 1. The van der Waals surface area contributed by atoms with Crippen molar-refractivity contribution < 1.29 is 4.79 Å². The lowest BCUT2D eigenvalue weighted by Gasteiger charge is -2.09. The monoisotopic (exact) mass is 256 g/mol. The number of carbonyl (C=O) groups is 1. The van der Waals surface area contributed by atoms with Crippen molar-refractivity contribution >= 4 is 34.8 Å². The van der Waals surface area contributed by atoms with Crippen LogP contribution in [0.15, 0.2) is 23.3 Å². The molecule has 0 aliphatic carbocycles. The van der Waals surface area contributed by atoms with Gasteiger partial charge < -0.3 is 0 Å². The van der Waals surface area contributed by atoms with Crippen molar-refractivity contribution in [1.82, 2.24) is 5.43 Å². The summed E-state index contributed by atoms with van der Waals surface area (Å²) in [6.07, 6.45) is 0.553. The lowest BCUT2D eigenvalue weighted by Crippen LogP contribution is -2.24. The molecule has 1 atom stereocenters. The number of hydrogen-bond donors (Lipinski definition) is 1. The summed E-state index contributed by atoms with van der Waals surface area (Å²) in [6, 6.07) is 5.28. The summed E-state index contributed by atoms with van der Waals surface area (Å²) in [4.78, 5) is 11.5. The zero-order valence-electron chi connectivity index (χ0n) is 8.63. The molecule has 1 aromatic carbocycles. The van der Waals surface area contributed by atoms with Crippen LogP contribution in [0.4, 0.5) is 0 Å². The van der Waals surface area contributed by atoms with Crippen LogP contribution < -0.4 is 5.43 Å². The molecule has 0 saturated carbocycles. The first-order valence-corrected chi connectivity index (χ1v) is 5.61. The van der Waals surface area contributed by atoms with E-state index >= 15 is 0 Å². The highest BCUT2D eigenvalue weighted by Gasteiger charge is 2.27. The Hall–Kier alpha value is -1.06. The summed E-state index contributed by atoms with van der Waals surface area (Å²) in [5, 5.41) is 5.07. The smallest absolute Gasteiger partial charge is 0.249 e. The zero-order valence-corrected chi connectivity index (χ0v) is 10.1. The van der Waals surface area contributed by atoms with Crippen molar-refractivity contribution in [2.45, 2.75) is 13.3 Å². The standard InChI is InChI=1S/C11H10Cl2N2O/c1-6-9(11(16)15-14-6)4-7-2-3-8(12)5-10(7)13/h2-3,5,9H,4H2,1H3,(H,15,16). The molecule has 16 heavy (non-hydrogen) atoms. The Bertz CT molecular complexity index is 471. The van der Waals surface area contributed by atoms with E-state index in [1.165, 1.54) is 0 Å². The van der Waals surface area contributed by atoms with Gasteiger partial charge >= 0.3 is 0 Å². The van der Waals surface area contributed by atoms with Gasteiger partial charge in [-0.3, -0.25) is 4.79 Å². The van der Waals surface area contributed by atoms with Crippen molar-refractivity contribution in [2.24, 2.45) is 11.0 Å². The zero-order chi connectivity index (χ0) is 11.7. The van der Waals surface area contributed by atoms with E-state index in [2.05, 4.69) is 10.5 Å². The number of hydrogen-bond acceptors (Lipinski definition) is 2. The van der Waals surface area contributed by atoms with Gasteiger partial charge in [-0.1, -0.05) is 29.3 Å². The Morgan fingerprint density at radius 1 is 1.44 bits per heavy atom. The Morgan fingerprint density at radius 3 is 2.75 bits per heavy atom. The van der Waals surface area contributed by atoms with Gasteiger partial charge in [-0.05, 0) is 31.0 Å². The van der Waals surface area contributed by atoms with Gasteiger partial charge in [0.25, 0.3) is 0 Å². The molecule has 0 aromatic heterocycles. The lowest BCUT2D eigenvalue weighted by atomic mass is 9.95. The average molecular weight is 257 g/mol. The third-order valence-electron chi connectivity index (χ3n) is 2.60. The van der Waals surface area contributed by atoms with Crippen molar-refractivity contribution in [3.63, 3.8) is 0 Å². The van der Waals surface area contributed by atoms with Crippen LogP contribution in [0.2, 0.25) is 10.0 Å². The molecular formula is C11H10Cl2N2O. The first-order valence-electron chi connectivity index (χ1n) is 4.86. The highest BCUT2D eigenvalue weighted by molar-refractivity contribution is 6.35. The Labute approximate surface area is 103 Å². The van der Waals surface area contributed by atoms with Gasteiger partial charge in [-0.2, -0.15) is 5.10 Å². The molecule has 0 radical (unpaired) electrons. The van der Waals surface area contributed by atoms with Gasteiger partial charge in [0, 0.05) is 15.8 Å². The van der Waals surface area contributed by atoms with E-state index in [1.54, 1.807) is 12.1 Å². The van der Waals surface area contributed by atoms with Crippen LogP contribution in [0.3, 0.4) is 0 Å². The number of nitrogens with one attached hydrogen (secondary N) is 1. The Balaban J connectivity index is 2.21. The van der Waals surface area contributed by atoms with Crippen molar-refractivity contribution in [2.75, 3.05) is 0 Å². The van der Waals surface area contributed by atoms with Crippen LogP contribution in [0, 0.1) is 5.92 Å². The van der Waals surface area contributed by atoms with E-state index < -0.39 is 0 Å². The SMILES string of the molecule is CC1=NNC(=O)C1Cc1ccc(Cl)cc1Cl. The van der Waals surface area contributed by atoms with Crippen LogP contribution in [0.5, 0.6) is 0 Å². The molecule has 1 aromatic rings. The lowest BCUT2D eigenvalue weighted by molar-refractivity contribution is -0.122. The minimum absolute atomic E-state index is 0.0801. The van der Waals surface area contributed by atoms with E-state index in [0.29, 0.717) is 16.5 Å². The Kier molecular flexibility index (Phi) is 3.17. The van der Waals surface area contributed by atoms with E-state index in [0.717, 1.165) is 11.3 Å². The fourth-order valence-electron chi connectivity index (χ4n) is 1.64. The third kappa shape index (κ3) is 2.20. The molecule has 0 saturated heterocycles. The predicted molar refractivity (Wildman–Crippen MR) is 64.9 cm³/mol. The molecule has 0 fully saturated rings. The Morgan fingerprint density at radius 2 is 2.19 bits per heavy atom. The molecule has 5 heteroatoms. The van der Waals surface area contributed by atoms with Crippen molar-refractivity contribution in [1.29, 1.82) is 0 Å². The van der Waals surface area contributed by atoms with Gasteiger partial charge in [0.05, 0.1) is 5.92 Å². The maximum atomic E-state index is 11.5. The summed E-state index contributed by atoms with van der Waals surface area (Å²) in [5.41, 5.74) is 4.14. The van der Waals surface area contributed by atoms with Crippen LogP contribution in [-0.2, 0) is 11.2 Å². The van der Waals surface area contributed by atoms with E-state index in [4.69, 9.17) is 23.2 Å². The third-order valence-corrected chi connectivity index (χ3v) is 3.19. The molecule has 0 spiro atoms. The van der Waals surface area contributed by atoms with E-state index in [9.17, 15) is 4.79 Å².